The summed E-state index contributed by atoms with van der Waals surface area (Å²) in [5.41, 5.74) is -0.349. The Labute approximate surface area is 180 Å². The van der Waals surface area contributed by atoms with Crippen LogP contribution in [-0.4, -0.2) is 46.4 Å². The maximum Gasteiger partial charge on any atom is 0.345 e. The van der Waals surface area contributed by atoms with Crippen molar-refractivity contribution in [2.45, 2.75) is 46.0 Å². The van der Waals surface area contributed by atoms with Gasteiger partial charge in [0, 0.05) is 0 Å². The number of ether oxygens (including phenoxy) is 3. The van der Waals surface area contributed by atoms with Crippen molar-refractivity contribution < 1.29 is 23.8 Å². The molecule has 7 heteroatoms. The third-order valence-electron chi connectivity index (χ3n) is 4.41. The van der Waals surface area contributed by atoms with Gasteiger partial charge in [-0.05, 0) is 64.1 Å². The lowest BCUT2D eigenvalue weighted by Crippen LogP contribution is -2.32. The Morgan fingerprint density at radius 3 is 1.97 bits per heavy atom. The van der Waals surface area contributed by atoms with Crippen molar-refractivity contribution in [3.63, 3.8) is 0 Å². The summed E-state index contributed by atoms with van der Waals surface area (Å²) in [6.45, 7) is 7.19. The van der Waals surface area contributed by atoms with Crippen LogP contribution in [0.15, 0.2) is 35.4 Å². The smallest absolute Gasteiger partial charge is 0.345 e. The fourth-order valence-corrected chi connectivity index (χ4v) is 3.12. The van der Waals surface area contributed by atoms with E-state index in [9.17, 15) is 14.9 Å². The molecule has 1 N–H and O–H groups in total. The highest BCUT2D eigenvalue weighted by Crippen LogP contribution is 2.40. The lowest BCUT2D eigenvalue weighted by molar-refractivity contribution is -0.146. The second-order valence-corrected chi connectivity index (χ2v) is 6.25. The number of allylic oxidation sites excluding steroid dienone is 1. The van der Waals surface area contributed by atoms with E-state index >= 15 is 0 Å². The normalized spacial score (nSPS) is 11.7. The van der Waals surface area contributed by atoms with Gasteiger partial charge in [-0.2, -0.15) is 5.26 Å². The first-order valence-electron chi connectivity index (χ1n) is 10.1. The second-order valence-electron chi connectivity index (χ2n) is 6.25. The molecule has 166 valence electrons. The van der Waals surface area contributed by atoms with Crippen LogP contribution >= 0.6 is 0 Å². The van der Waals surface area contributed by atoms with E-state index in [1.165, 1.54) is 0 Å². The molecule has 0 bridgehead atoms. The minimum atomic E-state index is -1.18. The molecule has 0 aliphatic carbocycles. The lowest BCUT2D eigenvalue weighted by Gasteiger charge is -2.30. The lowest BCUT2D eigenvalue weighted by atomic mass is 9.70. The van der Waals surface area contributed by atoms with Crippen LogP contribution in [0.1, 0.15) is 46.1 Å². The number of nitriles is 1. The van der Waals surface area contributed by atoms with Gasteiger partial charge in [-0.25, -0.2) is 9.59 Å². The molecule has 1 rings (SSSR count). The number of rotatable bonds is 9. The molecular formula is C23H34N2O5. The van der Waals surface area contributed by atoms with Crippen molar-refractivity contribution in [3.05, 3.63) is 41.0 Å². The molecule has 1 atom stereocenters. The molecule has 0 radical (unpaired) electrons. The average molecular weight is 419 g/mol. The molecule has 0 fully saturated rings. The van der Waals surface area contributed by atoms with Crippen LogP contribution in [-0.2, 0) is 24.5 Å². The van der Waals surface area contributed by atoms with Gasteiger partial charge in [0.15, 0.2) is 0 Å². The van der Waals surface area contributed by atoms with Gasteiger partial charge < -0.3 is 19.5 Å². The molecule has 30 heavy (non-hydrogen) atoms. The Morgan fingerprint density at radius 1 is 1.07 bits per heavy atom. The first kappa shape index (κ1) is 27.1. The van der Waals surface area contributed by atoms with Crippen molar-refractivity contribution in [1.82, 2.24) is 5.32 Å². The van der Waals surface area contributed by atoms with E-state index < -0.39 is 17.4 Å². The zero-order valence-corrected chi connectivity index (χ0v) is 19.1. The molecule has 0 aliphatic heterocycles. The fraction of sp³-hybridized carbons (Fsp3) is 0.522. The first-order chi connectivity index (χ1) is 14.4. The second kappa shape index (κ2) is 14.2. The molecule has 0 saturated carbocycles. The van der Waals surface area contributed by atoms with Gasteiger partial charge >= 0.3 is 11.9 Å². The van der Waals surface area contributed by atoms with E-state index in [-0.39, 0.29) is 18.8 Å². The van der Waals surface area contributed by atoms with Crippen LogP contribution in [0.4, 0.5) is 0 Å². The van der Waals surface area contributed by atoms with Crippen LogP contribution in [0, 0.1) is 11.3 Å². The van der Waals surface area contributed by atoms with Gasteiger partial charge in [-0.1, -0.05) is 26.0 Å². The van der Waals surface area contributed by atoms with E-state index in [0.29, 0.717) is 29.7 Å². The van der Waals surface area contributed by atoms with Crippen LogP contribution < -0.4 is 10.1 Å². The summed E-state index contributed by atoms with van der Waals surface area (Å²) >= 11 is 0. The van der Waals surface area contributed by atoms with Crippen molar-refractivity contribution in [2.75, 3.05) is 34.4 Å². The topological polar surface area (TPSA) is 97.7 Å². The number of methoxy groups -OCH3 is 1. The van der Waals surface area contributed by atoms with Crippen LogP contribution in [0.5, 0.6) is 5.75 Å². The highest BCUT2D eigenvalue weighted by molar-refractivity contribution is 6.15. The number of benzene rings is 1. The first-order valence-corrected chi connectivity index (χ1v) is 10.1. The molecule has 7 nitrogen and oxygen atoms in total. The summed E-state index contributed by atoms with van der Waals surface area (Å²) in [6, 6.07) is 9.41. The predicted octanol–water partition coefficient (Wildman–Crippen LogP) is 3.53. The maximum absolute atomic E-state index is 12.6. The summed E-state index contributed by atoms with van der Waals surface area (Å²) in [4.78, 5) is 25.2. The van der Waals surface area contributed by atoms with Crippen molar-refractivity contribution in [3.8, 4) is 11.8 Å². The van der Waals surface area contributed by atoms with Crippen LogP contribution in [0.3, 0.4) is 0 Å². The zero-order chi connectivity index (χ0) is 23.2. The summed E-state index contributed by atoms with van der Waals surface area (Å²) < 4.78 is 15.5. The Hall–Kier alpha value is -2.85. The van der Waals surface area contributed by atoms with Crippen molar-refractivity contribution in [1.29, 1.82) is 5.26 Å². The molecule has 0 aromatic heterocycles. The van der Waals surface area contributed by atoms with Gasteiger partial charge in [-0.3, -0.25) is 0 Å². The Kier molecular flexibility index (Phi) is 12.8. The molecule has 0 amide bonds. The van der Waals surface area contributed by atoms with Gasteiger partial charge in [0.05, 0.1) is 26.4 Å². The zero-order valence-electron chi connectivity index (χ0n) is 19.1. The molecule has 0 heterocycles. The third-order valence-corrected chi connectivity index (χ3v) is 4.41. The fourth-order valence-electron chi connectivity index (χ4n) is 3.12. The molecule has 0 spiro atoms. The number of carbonyl (C=O) groups is 2. The number of nitrogens with one attached hydrogen (secondary N) is 1. The van der Waals surface area contributed by atoms with E-state index in [1.54, 1.807) is 52.1 Å². The van der Waals surface area contributed by atoms with Gasteiger partial charge in [0.2, 0.25) is 0 Å². The number of hydrogen-bond acceptors (Lipinski definition) is 7. The number of carbonyl (C=O) groups excluding carboxylic acids is 2. The van der Waals surface area contributed by atoms with Crippen LogP contribution in [0.25, 0.3) is 0 Å². The van der Waals surface area contributed by atoms with E-state index in [1.807, 2.05) is 21.0 Å². The van der Waals surface area contributed by atoms with Gasteiger partial charge in [0.25, 0.3) is 0 Å². The Morgan fingerprint density at radius 2 is 1.60 bits per heavy atom. The Balaban J connectivity index is 0.00000263. The molecule has 0 saturated heterocycles. The average Bonchev–Trinajstić information content (AvgIpc) is 2.75. The summed E-state index contributed by atoms with van der Waals surface area (Å²) in [6.07, 6.45) is 0.674. The molecule has 0 aliphatic rings. The molecular weight excluding hydrogens is 384 g/mol. The molecule has 1 aromatic rings. The highest BCUT2D eigenvalue weighted by Gasteiger charge is 2.40. The van der Waals surface area contributed by atoms with Crippen LogP contribution in [0.2, 0.25) is 0 Å². The maximum atomic E-state index is 12.6. The number of esters is 2. The minimum absolute atomic E-state index is 0.115. The summed E-state index contributed by atoms with van der Waals surface area (Å²) in [7, 11) is 5.29. The molecule has 1 aromatic carbocycles. The van der Waals surface area contributed by atoms with Crippen molar-refractivity contribution >= 4 is 11.9 Å². The quantitative estimate of drug-likeness (QED) is 0.283. The predicted molar refractivity (Wildman–Crippen MR) is 116 cm³/mol. The monoisotopic (exact) mass is 418 g/mol. The summed E-state index contributed by atoms with van der Waals surface area (Å²) in [5.74, 6) is -0.961. The van der Waals surface area contributed by atoms with Gasteiger partial charge in [-0.15, -0.1) is 0 Å². The third kappa shape index (κ3) is 6.60. The van der Waals surface area contributed by atoms with Gasteiger partial charge in [0.1, 0.15) is 16.7 Å². The SMILES string of the molecule is CCOC(=O)C(C(=O)OCC)=C(CC)C(C#N)(CC)c1cccc(OC)c1.CNC. The van der Waals surface area contributed by atoms with E-state index in [2.05, 4.69) is 11.4 Å². The highest BCUT2D eigenvalue weighted by atomic mass is 16.6. The number of nitrogens with zero attached hydrogens (tertiary/aromatic N) is 1. The van der Waals surface area contributed by atoms with Crippen molar-refractivity contribution in [2.24, 2.45) is 0 Å². The standard InChI is InChI=1S/C21H27NO5.C2H7N/c1-6-17(18(19(23)26-8-3)20(24)27-9-4)21(7-2,14-22)15-11-10-12-16(13-15)25-5;1-3-2/h10-13H,6-9H2,1-5H3;3H,1-2H3. The molecule has 1 unspecified atom stereocenters. The largest absolute Gasteiger partial charge is 0.497 e. The minimum Gasteiger partial charge on any atom is -0.497 e. The van der Waals surface area contributed by atoms with E-state index in [4.69, 9.17) is 14.2 Å². The summed E-state index contributed by atoms with van der Waals surface area (Å²) in [5, 5.41) is 12.9. The van der Waals surface area contributed by atoms with E-state index in [0.717, 1.165) is 0 Å². The number of hydrogen-bond donors (Lipinski definition) is 1. The Bertz CT molecular complexity index is 747.